The average molecular weight is 282 g/mol. The van der Waals surface area contributed by atoms with Crippen molar-refractivity contribution < 1.29 is 5.21 Å². The van der Waals surface area contributed by atoms with Crippen LogP contribution in [0.25, 0.3) is 0 Å². The van der Waals surface area contributed by atoms with E-state index in [-0.39, 0.29) is 5.84 Å². The number of anilines is 1. The van der Waals surface area contributed by atoms with E-state index < -0.39 is 0 Å². The molecule has 2 unspecified atom stereocenters. The minimum Gasteiger partial charge on any atom is -0.409 e. The van der Waals surface area contributed by atoms with Crippen LogP contribution in [0.2, 0.25) is 5.02 Å². The summed E-state index contributed by atoms with van der Waals surface area (Å²) in [4.78, 5) is 2.34. The van der Waals surface area contributed by atoms with Crippen molar-refractivity contribution in [1.82, 2.24) is 0 Å². The summed E-state index contributed by atoms with van der Waals surface area (Å²) in [5.41, 5.74) is 7.23. The van der Waals surface area contributed by atoms with E-state index in [1.807, 2.05) is 12.1 Å². The van der Waals surface area contributed by atoms with E-state index in [0.29, 0.717) is 22.5 Å². The van der Waals surface area contributed by atoms with Gasteiger partial charge in [0, 0.05) is 18.2 Å². The third-order valence-corrected chi connectivity index (χ3v) is 4.34. The molecule has 2 atom stereocenters. The Labute approximate surface area is 118 Å². The van der Waals surface area contributed by atoms with Crippen LogP contribution < -0.4 is 10.6 Å². The molecule has 1 aliphatic heterocycles. The average Bonchev–Trinajstić information content (AvgIpc) is 2.41. The maximum atomic E-state index is 8.68. The van der Waals surface area contributed by atoms with Crippen LogP contribution in [0.15, 0.2) is 23.4 Å². The summed E-state index contributed by atoms with van der Waals surface area (Å²) in [6.45, 7) is 5.53. The molecule has 0 amide bonds. The van der Waals surface area contributed by atoms with E-state index in [0.717, 1.165) is 12.2 Å². The summed E-state index contributed by atoms with van der Waals surface area (Å²) in [6, 6.07) is 6.01. The minimum atomic E-state index is 0.0773. The summed E-state index contributed by atoms with van der Waals surface area (Å²) in [5.74, 6) is 0.738. The predicted molar refractivity (Wildman–Crippen MR) is 79.2 cm³/mol. The fraction of sp³-hybridized carbons (Fsp3) is 0.500. The largest absolute Gasteiger partial charge is 0.409 e. The van der Waals surface area contributed by atoms with Gasteiger partial charge in [-0.05, 0) is 43.9 Å². The van der Waals surface area contributed by atoms with Gasteiger partial charge in [-0.1, -0.05) is 23.7 Å². The molecule has 1 heterocycles. The minimum absolute atomic E-state index is 0.0773. The molecular formula is C14H20ClN3O. The second-order valence-electron chi connectivity index (χ2n) is 5.20. The standard InChI is InChI=1S/C14H20ClN3O/c1-9-4-3-7-18(10(9)2)13-6-5-11(8-12(13)15)14(16)17-19/h5-6,8-10,19H,3-4,7H2,1-2H3,(H2,16,17). The molecule has 0 aromatic heterocycles. The van der Waals surface area contributed by atoms with Crippen molar-refractivity contribution in [2.45, 2.75) is 32.7 Å². The molecule has 0 saturated carbocycles. The highest BCUT2D eigenvalue weighted by atomic mass is 35.5. The van der Waals surface area contributed by atoms with Gasteiger partial charge in [0.05, 0.1) is 10.7 Å². The molecule has 0 radical (unpaired) electrons. The number of rotatable bonds is 2. The highest BCUT2D eigenvalue weighted by molar-refractivity contribution is 6.33. The Balaban J connectivity index is 2.30. The zero-order valence-corrected chi connectivity index (χ0v) is 12.1. The van der Waals surface area contributed by atoms with Gasteiger partial charge >= 0.3 is 0 Å². The second-order valence-corrected chi connectivity index (χ2v) is 5.61. The van der Waals surface area contributed by atoms with Crippen LogP contribution in [0.5, 0.6) is 0 Å². The number of hydrogen-bond acceptors (Lipinski definition) is 3. The zero-order valence-electron chi connectivity index (χ0n) is 11.3. The molecule has 1 aromatic carbocycles. The number of nitrogens with zero attached hydrogens (tertiary/aromatic N) is 2. The summed E-state index contributed by atoms with van der Waals surface area (Å²) >= 11 is 6.34. The number of oxime groups is 1. The molecule has 0 spiro atoms. The summed E-state index contributed by atoms with van der Waals surface area (Å²) < 4.78 is 0. The molecule has 0 bridgehead atoms. The Morgan fingerprint density at radius 1 is 1.47 bits per heavy atom. The van der Waals surface area contributed by atoms with Gasteiger partial charge in [-0.3, -0.25) is 0 Å². The van der Waals surface area contributed by atoms with Crippen molar-refractivity contribution in [3.63, 3.8) is 0 Å². The first-order valence-electron chi connectivity index (χ1n) is 6.58. The monoisotopic (exact) mass is 281 g/mol. The van der Waals surface area contributed by atoms with Gasteiger partial charge in [0.15, 0.2) is 5.84 Å². The lowest BCUT2D eigenvalue weighted by molar-refractivity contribution is 0.318. The molecule has 1 saturated heterocycles. The van der Waals surface area contributed by atoms with Crippen molar-refractivity contribution in [1.29, 1.82) is 0 Å². The molecule has 5 heteroatoms. The van der Waals surface area contributed by atoms with E-state index in [9.17, 15) is 0 Å². The van der Waals surface area contributed by atoms with Gasteiger partial charge in [0.2, 0.25) is 0 Å². The first-order chi connectivity index (χ1) is 9.04. The molecule has 19 heavy (non-hydrogen) atoms. The van der Waals surface area contributed by atoms with Crippen LogP contribution in [0.3, 0.4) is 0 Å². The smallest absolute Gasteiger partial charge is 0.170 e. The van der Waals surface area contributed by atoms with Gasteiger partial charge in [-0.25, -0.2) is 0 Å². The number of halogens is 1. The molecule has 4 nitrogen and oxygen atoms in total. The van der Waals surface area contributed by atoms with Crippen LogP contribution in [0.1, 0.15) is 32.3 Å². The van der Waals surface area contributed by atoms with Crippen LogP contribution in [-0.4, -0.2) is 23.6 Å². The maximum Gasteiger partial charge on any atom is 0.170 e. The number of piperidine rings is 1. The van der Waals surface area contributed by atoms with Gasteiger partial charge in [-0.2, -0.15) is 0 Å². The van der Waals surface area contributed by atoms with Crippen molar-refractivity contribution in [3.05, 3.63) is 28.8 Å². The van der Waals surface area contributed by atoms with Crippen LogP contribution in [0, 0.1) is 5.92 Å². The van der Waals surface area contributed by atoms with Crippen molar-refractivity contribution in [2.75, 3.05) is 11.4 Å². The van der Waals surface area contributed by atoms with E-state index in [2.05, 4.69) is 23.9 Å². The van der Waals surface area contributed by atoms with Crippen LogP contribution >= 0.6 is 11.6 Å². The molecule has 104 valence electrons. The number of hydrogen-bond donors (Lipinski definition) is 2. The van der Waals surface area contributed by atoms with E-state index >= 15 is 0 Å². The fourth-order valence-electron chi connectivity index (χ4n) is 2.63. The molecule has 2 rings (SSSR count). The SMILES string of the molecule is CC1CCCN(c2ccc(/C(N)=N/O)cc2Cl)C1C. The van der Waals surface area contributed by atoms with Gasteiger partial charge in [-0.15, -0.1) is 0 Å². The van der Waals surface area contributed by atoms with Gasteiger partial charge < -0.3 is 15.8 Å². The number of benzene rings is 1. The Morgan fingerprint density at radius 2 is 2.21 bits per heavy atom. The maximum absolute atomic E-state index is 8.68. The molecule has 1 aromatic rings. The van der Waals surface area contributed by atoms with Gasteiger partial charge in [0.1, 0.15) is 0 Å². The molecule has 3 N–H and O–H groups in total. The topological polar surface area (TPSA) is 61.8 Å². The Hall–Kier alpha value is -1.42. The van der Waals surface area contributed by atoms with Crippen LogP contribution in [0.4, 0.5) is 5.69 Å². The highest BCUT2D eigenvalue weighted by Crippen LogP contribution is 2.33. The van der Waals surface area contributed by atoms with Crippen molar-refractivity contribution in [2.24, 2.45) is 16.8 Å². The summed E-state index contributed by atoms with van der Waals surface area (Å²) in [7, 11) is 0. The molecule has 0 aliphatic carbocycles. The quantitative estimate of drug-likeness (QED) is 0.379. The first-order valence-corrected chi connectivity index (χ1v) is 6.96. The Morgan fingerprint density at radius 3 is 2.84 bits per heavy atom. The van der Waals surface area contributed by atoms with E-state index in [4.69, 9.17) is 22.5 Å². The second kappa shape index (κ2) is 5.70. The summed E-state index contributed by atoms with van der Waals surface area (Å²) in [5, 5.41) is 12.3. The molecular weight excluding hydrogens is 262 g/mol. The fourth-order valence-corrected chi connectivity index (χ4v) is 2.92. The Kier molecular flexibility index (Phi) is 4.20. The highest BCUT2D eigenvalue weighted by Gasteiger charge is 2.26. The summed E-state index contributed by atoms with van der Waals surface area (Å²) in [6.07, 6.45) is 2.45. The number of nitrogens with two attached hydrogens (primary N) is 1. The van der Waals surface area contributed by atoms with E-state index in [1.165, 1.54) is 12.8 Å². The van der Waals surface area contributed by atoms with E-state index in [1.54, 1.807) is 6.07 Å². The number of amidine groups is 1. The van der Waals surface area contributed by atoms with Crippen LogP contribution in [-0.2, 0) is 0 Å². The Bertz CT molecular complexity index is 490. The third-order valence-electron chi connectivity index (χ3n) is 4.03. The van der Waals surface area contributed by atoms with Crippen molar-refractivity contribution >= 4 is 23.1 Å². The lowest BCUT2D eigenvalue weighted by Crippen LogP contribution is -2.42. The third kappa shape index (κ3) is 2.78. The molecule has 1 aliphatic rings. The normalized spacial score (nSPS) is 24.6. The van der Waals surface area contributed by atoms with Gasteiger partial charge in [0.25, 0.3) is 0 Å². The van der Waals surface area contributed by atoms with Crippen molar-refractivity contribution in [3.8, 4) is 0 Å². The molecule has 1 fully saturated rings. The lowest BCUT2D eigenvalue weighted by atomic mass is 9.91. The lowest BCUT2D eigenvalue weighted by Gasteiger charge is -2.40. The predicted octanol–water partition coefficient (Wildman–Crippen LogP) is 3.06. The first kappa shape index (κ1) is 14.0. The zero-order chi connectivity index (χ0) is 14.0.